The number of urea groups is 1. The Morgan fingerprint density at radius 2 is 2.18 bits per heavy atom. The van der Waals surface area contributed by atoms with Crippen molar-refractivity contribution in [2.75, 3.05) is 38.8 Å². The van der Waals surface area contributed by atoms with Gasteiger partial charge in [0.2, 0.25) is 0 Å². The van der Waals surface area contributed by atoms with Gasteiger partial charge in [-0.1, -0.05) is 0 Å². The lowest BCUT2D eigenvalue weighted by molar-refractivity contribution is 0.0168. The minimum absolute atomic E-state index is 0.218. The van der Waals surface area contributed by atoms with Gasteiger partial charge in [-0.15, -0.1) is 0 Å². The van der Waals surface area contributed by atoms with E-state index in [0.717, 1.165) is 37.3 Å². The van der Waals surface area contributed by atoms with Crippen molar-refractivity contribution in [3.8, 4) is 5.75 Å². The third kappa shape index (κ3) is 5.91. The Morgan fingerprint density at radius 1 is 1.36 bits per heavy atom. The number of ether oxygens (including phenoxy) is 3. The first-order valence-electron chi connectivity index (χ1n) is 7.66. The lowest BCUT2D eigenvalue weighted by atomic mass is 10.2. The highest BCUT2D eigenvalue weighted by molar-refractivity contribution is 5.89. The number of methoxy groups -OCH3 is 1. The van der Waals surface area contributed by atoms with E-state index in [1.807, 2.05) is 0 Å². The normalized spacial score (nSPS) is 17.2. The fraction of sp³-hybridized carbons (Fsp3) is 0.562. The van der Waals surface area contributed by atoms with E-state index < -0.39 is 0 Å². The molecule has 1 aliphatic rings. The van der Waals surface area contributed by atoms with Gasteiger partial charge in [-0.05, 0) is 43.5 Å². The topological polar surface area (TPSA) is 68.8 Å². The summed E-state index contributed by atoms with van der Waals surface area (Å²) in [7, 11) is 1.61. The molecule has 0 spiro atoms. The van der Waals surface area contributed by atoms with Gasteiger partial charge >= 0.3 is 6.03 Å². The van der Waals surface area contributed by atoms with Crippen molar-refractivity contribution in [1.29, 1.82) is 0 Å². The van der Waals surface area contributed by atoms with Crippen LogP contribution in [0.2, 0.25) is 0 Å². The summed E-state index contributed by atoms with van der Waals surface area (Å²) in [5.74, 6) is 0.759. The van der Waals surface area contributed by atoms with Crippen molar-refractivity contribution < 1.29 is 19.0 Å². The number of amides is 2. The third-order valence-corrected chi connectivity index (χ3v) is 3.43. The third-order valence-electron chi connectivity index (χ3n) is 3.43. The number of hydrogen-bond acceptors (Lipinski definition) is 4. The monoisotopic (exact) mass is 308 g/mol. The van der Waals surface area contributed by atoms with Crippen LogP contribution in [0.4, 0.5) is 10.5 Å². The number of rotatable bonds is 8. The predicted molar refractivity (Wildman–Crippen MR) is 84.4 cm³/mol. The van der Waals surface area contributed by atoms with Crippen LogP contribution in [0.5, 0.6) is 5.75 Å². The van der Waals surface area contributed by atoms with Gasteiger partial charge in [0.25, 0.3) is 0 Å². The predicted octanol–water partition coefficient (Wildman–Crippen LogP) is 2.40. The van der Waals surface area contributed by atoms with Crippen molar-refractivity contribution in [3.63, 3.8) is 0 Å². The molecular weight excluding hydrogens is 284 g/mol. The van der Waals surface area contributed by atoms with Gasteiger partial charge in [0.05, 0.1) is 19.8 Å². The van der Waals surface area contributed by atoms with Gasteiger partial charge in [0.1, 0.15) is 5.75 Å². The SMILES string of the molecule is COc1ccc(NC(=O)NCCCOCC2CCCO2)cc1. The molecular formula is C16H24N2O4. The molecule has 1 aromatic carbocycles. The highest BCUT2D eigenvalue weighted by Gasteiger charge is 2.14. The van der Waals surface area contributed by atoms with Crippen LogP contribution in [-0.2, 0) is 9.47 Å². The number of nitrogens with one attached hydrogen (secondary N) is 2. The van der Waals surface area contributed by atoms with Crippen molar-refractivity contribution in [2.45, 2.75) is 25.4 Å². The lowest BCUT2D eigenvalue weighted by Gasteiger charge is -2.11. The van der Waals surface area contributed by atoms with E-state index in [4.69, 9.17) is 14.2 Å². The molecule has 2 N–H and O–H groups in total. The van der Waals surface area contributed by atoms with E-state index in [0.29, 0.717) is 19.8 Å². The fourth-order valence-corrected chi connectivity index (χ4v) is 2.22. The average Bonchev–Trinajstić information content (AvgIpc) is 3.05. The second kappa shape index (κ2) is 9.27. The standard InChI is InChI=1S/C16H24N2O4/c1-20-14-7-5-13(6-8-14)18-16(19)17-9-3-10-21-12-15-4-2-11-22-15/h5-8,15H,2-4,9-12H2,1H3,(H2,17,18,19). The number of anilines is 1. The number of benzene rings is 1. The molecule has 22 heavy (non-hydrogen) atoms. The molecule has 6 nitrogen and oxygen atoms in total. The molecule has 2 rings (SSSR count). The van der Waals surface area contributed by atoms with Gasteiger partial charge in [0.15, 0.2) is 0 Å². The van der Waals surface area contributed by atoms with Crippen molar-refractivity contribution >= 4 is 11.7 Å². The molecule has 0 aliphatic carbocycles. The Bertz CT molecular complexity index is 444. The molecule has 0 aromatic heterocycles. The molecule has 1 unspecified atom stereocenters. The Morgan fingerprint density at radius 3 is 2.86 bits per heavy atom. The summed E-state index contributed by atoms with van der Waals surface area (Å²) in [4.78, 5) is 11.7. The van der Waals surface area contributed by atoms with Crippen LogP contribution in [-0.4, -0.2) is 45.6 Å². The molecule has 1 aromatic rings. The smallest absolute Gasteiger partial charge is 0.319 e. The first-order valence-corrected chi connectivity index (χ1v) is 7.66. The number of hydrogen-bond donors (Lipinski definition) is 2. The zero-order valence-electron chi connectivity index (χ0n) is 13.0. The van der Waals surface area contributed by atoms with E-state index in [2.05, 4.69) is 10.6 Å². The van der Waals surface area contributed by atoms with Crippen molar-refractivity contribution in [1.82, 2.24) is 5.32 Å². The van der Waals surface area contributed by atoms with E-state index in [9.17, 15) is 4.79 Å². The van der Waals surface area contributed by atoms with E-state index in [-0.39, 0.29) is 12.1 Å². The molecule has 1 saturated heterocycles. The number of carbonyl (C=O) groups excluding carboxylic acids is 1. The number of carbonyl (C=O) groups is 1. The maximum Gasteiger partial charge on any atom is 0.319 e. The summed E-state index contributed by atoms with van der Waals surface area (Å²) in [5, 5.41) is 5.56. The molecule has 0 radical (unpaired) electrons. The fourth-order valence-electron chi connectivity index (χ4n) is 2.22. The molecule has 0 bridgehead atoms. The quantitative estimate of drug-likeness (QED) is 0.724. The van der Waals surface area contributed by atoms with Crippen LogP contribution in [0.25, 0.3) is 0 Å². The summed E-state index contributed by atoms with van der Waals surface area (Å²) >= 11 is 0. The molecule has 1 heterocycles. The maximum atomic E-state index is 11.7. The lowest BCUT2D eigenvalue weighted by Crippen LogP contribution is -2.30. The minimum Gasteiger partial charge on any atom is -0.497 e. The molecule has 1 aliphatic heterocycles. The van der Waals surface area contributed by atoms with Crippen LogP contribution >= 0.6 is 0 Å². The zero-order chi connectivity index (χ0) is 15.6. The van der Waals surface area contributed by atoms with Gasteiger partial charge in [-0.2, -0.15) is 0 Å². The zero-order valence-corrected chi connectivity index (χ0v) is 13.0. The Labute approximate surface area is 131 Å². The van der Waals surface area contributed by atoms with Gasteiger partial charge in [-0.3, -0.25) is 0 Å². The summed E-state index contributed by atoms with van der Waals surface area (Å²) in [6, 6.07) is 6.97. The largest absolute Gasteiger partial charge is 0.497 e. The Balaban J connectivity index is 1.51. The minimum atomic E-state index is -0.218. The van der Waals surface area contributed by atoms with Gasteiger partial charge in [-0.25, -0.2) is 4.79 Å². The molecule has 6 heteroatoms. The van der Waals surface area contributed by atoms with Crippen LogP contribution in [0, 0.1) is 0 Å². The highest BCUT2D eigenvalue weighted by Crippen LogP contribution is 2.14. The van der Waals surface area contributed by atoms with E-state index >= 15 is 0 Å². The summed E-state index contributed by atoms with van der Waals surface area (Å²) in [6.07, 6.45) is 3.25. The van der Waals surface area contributed by atoms with E-state index in [1.54, 1.807) is 31.4 Å². The molecule has 2 amide bonds. The Hall–Kier alpha value is -1.79. The van der Waals surface area contributed by atoms with Crippen LogP contribution < -0.4 is 15.4 Å². The molecule has 1 atom stereocenters. The van der Waals surface area contributed by atoms with Crippen LogP contribution in [0.15, 0.2) is 24.3 Å². The average molecular weight is 308 g/mol. The van der Waals surface area contributed by atoms with E-state index in [1.165, 1.54) is 0 Å². The van der Waals surface area contributed by atoms with Crippen LogP contribution in [0.1, 0.15) is 19.3 Å². The van der Waals surface area contributed by atoms with Crippen molar-refractivity contribution in [2.24, 2.45) is 0 Å². The molecule has 122 valence electrons. The second-order valence-electron chi connectivity index (χ2n) is 5.17. The first-order chi connectivity index (χ1) is 10.8. The Kier molecular flexibility index (Phi) is 6.99. The van der Waals surface area contributed by atoms with Gasteiger partial charge < -0.3 is 24.8 Å². The molecule has 0 saturated carbocycles. The summed E-state index contributed by atoms with van der Waals surface area (Å²) < 4.78 is 16.1. The van der Waals surface area contributed by atoms with Crippen LogP contribution in [0.3, 0.4) is 0 Å². The highest BCUT2D eigenvalue weighted by atomic mass is 16.5. The second-order valence-corrected chi connectivity index (χ2v) is 5.17. The maximum absolute atomic E-state index is 11.7. The summed E-state index contributed by atoms with van der Waals surface area (Å²) in [6.45, 7) is 2.70. The first kappa shape index (κ1) is 16.6. The summed E-state index contributed by atoms with van der Waals surface area (Å²) in [5.41, 5.74) is 0.730. The molecule has 1 fully saturated rings. The van der Waals surface area contributed by atoms with Gasteiger partial charge in [0, 0.05) is 25.4 Å². The van der Waals surface area contributed by atoms with Crippen molar-refractivity contribution in [3.05, 3.63) is 24.3 Å².